The molecule has 2 unspecified atom stereocenters. The Bertz CT molecular complexity index is 606. The molecule has 1 aliphatic heterocycles. The Labute approximate surface area is 146 Å². The highest BCUT2D eigenvalue weighted by atomic mass is 35.5. The highest BCUT2D eigenvalue weighted by Gasteiger charge is 2.30. The second-order valence-corrected chi connectivity index (χ2v) is 6.93. The van der Waals surface area contributed by atoms with Gasteiger partial charge in [0.05, 0.1) is 12.5 Å². The molecule has 0 saturated carbocycles. The normalized spacial score (nSPS) is 21.5. The molecule has 1 fully saturated rings. The van der Waals surface area contributed by atoms with E-state index in [-0.39, 0.29) is 35.5 Å². The van der Waals surface area contributed by atoms with Crippen LogP contribution in [0.25, 0.3) is 0 Å². The van der Waals surface area contributed by atoms with Crippen LogP contribution in [0.4, 0.5) is 4.39 Å². The number of carboxylic acid groups (broad SMARTS) is 1. The third kappa shape index (κ3) is 4.68. The molecule has 1 saturated heterocycles. The molecule has 2 rings (SSSR count). The van der Waals surface area contributed by atoms with Gasteiger partial charge in [-0.05, 0) is 24.5 Å². The number of carbonyl (C=O) groups excluding carboxylic acids is 1. The van der Waals surface area contributed by atoms with Gasteiger partial charge in [0, 0.05) is 37.3 Å². The number of piperidine rings is 1. The molecule has 1 aromatic carbocycles. The highest BCUT2D eigenvalue weighted by molar-refractivity contribution is 6.31. The Hall–Kier alpha value is -1.66. The van der Waals surface area contributed by atoms with Crippen LogP contribution in [0.2, 0.25) is 5.02 Å². The molecule has 5 nitrogen and oxygen atoms in total. The molecule has 7 heteroatoms. The minimum Gasteiger partial charge on any atom is -0.481 e. The first-order chi connectivity index (χ1) is 11.3. The topological polar surface area (TPSA) is 60.9 Å². The van der Waals surface area contributed by atoms with Crippen LogP contribution in [0, 0.1) is 17.7 Å². The van der Waals surface area contributed by atoms with Crippen LogP contribution in [-0.4, -0.2) is 53.5 Å². The fraction of sp³-hybridized carbons (Fsp3) is 0.529. The molecule has 0 spiro atoms. The van der Waals surface area contributed by atoms with E-state index in [9.17, 15) is 19.1 Å². The second-order valence-electron chi connectivity index (χ2n) is 6.52. The number of rotatable bonds is 5. The Kier molecular flexibility index (Phi) is 6.18. The van der Waals surface area contributed by atoms with E-state index in [0.29, 0.717) is 19.5 Å². The van der Waals surface area contributed by atoms with Crippen molar-refractivity contribution in [1.82, 2.24) is 9.80 Å². The molecule has 132 valence electrons. The Morgan fingerprint density at radius 3 is 2.75 bits per heavy atom. The zero-order chi connectivity index (χ0) is 17.9. The fourth-order valence-corrected chi connectivity index (χ4v) is 3.31. The number of likely N-dealkylation sites (tertiary alicyclic amines) is 1. The van der Waals surface area contributed by atoms with Crippen molar-refractivity contribution >= 4 is 23.5 Å². The molecular weight excluding hydrogens is 335 g/mol. The lowest BCUT2D eigenvalue weighted by Gasteiger charge is -2.35. The van der Waals surface area contributed by atoms with Gasteiger partial charge in [0.15, 0.2) is 0 Å². The number of carboxylic acids is 1. The number of nitrogens with zero attached hydrogens (tertiary/aromatic N) is 2. The molecule has 0 aromatic heterocycles. The third-order valence-electron chi connectivity index (χ3n) is 4.33. The van der Waals surface area contributed by atoms with E-state index in [2.05, 4.69) is 0 Å². The molecule has 1 amide bonds. The number of benzene rings is 1. The first-order valence-corrected chi connectivity index (χ1v) is 8.27. The van der Waals surface area contributed by atoms with Crippen LogP contribution in [0.5, 0.6) is 0 Å². The number of hydrogen-bond donors (Lipinski definition) is 1. The van der Waals surface area contributed by atoms with Crippen molar-refractivity contribution < 1.29 is 19.1 Å². The van der Waals surface area contributed by atoms with Gasteiger partial charge in [-0.3, -0.25) is 14.5 Å². The third-order valence-corrected chi connectivity index (χ3v) is 4.68. The van der Waals surface area contributed by atoms with Crippen molar-refractivity contribution in [3.05, 3.63) is 34.6 Å². The standard InChI is InChI=1S/C17H22ClFN2O3/c1-11-6-12(17(23)24)8-21(7-11)10-16(22)20(2)9-13-14(18)4-3-5-15(13)19/h3-5,11-12H,6-10H2,1-2H3,(H,23,24). The van der Waals surface area contributed by atoms with Gasteiger partial charge in [-0.2, -0.15) is 0 Å². The summed E-state index contributed by atoms with van der Waals surface area (Å²) < 4.78 is 13.8. The molecular formula is C17H22ClFN2O3. The zero-order valence-electron chi connectivity index (χ0n) is 13.8. The van der Waals surface area contributed by atoms with Gasteiger partial charge in [0.1, 0.15) is 5.82 Å². The van der Waals surface area contributed by atoms with E-state index in [1.165, 1.54) is 17.0 Å². The van der Waals surface area contributed by atoms with Gasteiger partial charge in [-0.1, -0.05) is 24.6 Å². The van der Waals surface area contributed by atoms with E-state index < -0.39 is 17.7 Å². The smallest absolute Gasteiger partial charge is 0.307 e. The Morgan fingerprint density at radius 2 is 2.12 bits per heavy atom. The molecule has 0 radical (unpaired) electrons. The van der Waals surface area contributed by atoms with Crippen LogP contribution in [0.3, 0.4) is 0 Å². The molecule has 0 bridgehead atoms. The summed E-state index contributed by atoms with van der Waals surface area (Å²) in [6.45, 7) is 3.23. The number of carbonyl (C=O) groups is 2. The average Bonchev–Trinajstić information content (AvgIpc) is 2.50. The first kappa shape index (κ1) is 18.7. The molecule has 0 aliphatic carbocycles. The maximum atomic E-state index is 13.8. The Morgan fingerprint density at radius 1 is 1.42 bits per heavy atom. The second kappa shape index (κ2) is 7.94. The van der Waals surface area contributed by atoms with Crippen molar-refractivity contribution in [2.45, 2.75) is 19.9 Å². The molecule has 1 aliphatic rings. The number of aliphatic carboxylic acids is 1. The monoisotopic (exact) mass is 356 g/mol. The number of amides is 1. The van der Waals surface area contributed by atoms with Crippen LogP contribution in [-0.2, 0) is 16.1 Å². The van der Waals surface area contributed by atoms with Gasteiger partial charge < -0.3 is 10.0 Å². The van der Waals surface area contributed by atoms with Crippen LogP contribution in [0.1, 0.15) is 18.9 Å². The summed E-state index contributed by atoms with van der Waals surface area (Å²) >= 11 is 5.99. The summed E-state index contributed by atoms with van der Waals surface area (Å²) in [6, 6.07) is 4.41. The van der Waals surface area contributed by atoms with E-state index in [1.807, 2.05) is 11.8 Å². The van der Waals surface area contributed by atoms with Gasteiger partial charge in [0.2, 0.25) is 5.91 Å². The van der Waals surface area contributed by atoms with Crippen LogP contribution < -0.4 is 0 Å². The quantitative estimate of drug-likeness (QED) is 0.880. The Balaban J connectivity index is 1.97. The predicted molar refractivity (Wildman–Crippen MR) is 89.2 cm³/mol. The van der Waals surface area contributed by atoms with Crippen LogP contribution >= 0.6 is 11.6 Å². The van der Waals surface area contributed by atoms with Gasteiger partial charge in [-0.15, -0.1) is 0 Å². The average molecular weight is 357 g/mol. The minimum atomic E-state index is -0.828. The molecule has 2 atom stereocenters. The minimum absolute atomic E-state index is 0.0795. The zero-order valence-corrected chi connectivity index (χ0v) is 14.6. The summed E-state index contributed by atoms with van der Waals surface area (Å²) in [5.74, 6) is -1.69. The highest BCUT2D eigenvalue weighted by Crippen LogP contribution is 2.23. The SMILES string of the molecule is CC1CC(C(=O)O)CN(CC(=O)N(C)Cc2c(F)cccc2Cl)C1. The largest absolute Gasteiger partial charge is 0.481 e. The summed E-state index contributed by atoms with van der Waals surface area (Å²) in [5.41, 5.74) is 0.283. The molecule has 1 N–H and O–H groups in total. The number of hydrogen-bond acceptors (Lipinski definition) is 3. The van der Waals surface area contributed by atoms with E-state index in [4.69, 9.17) is 11.6 Å². The van der Waals surface area contributed by atoms with E-state index in [0.717, 1.165) is 0 Å². The lowest BCUT2D eigenvalue weighted by molar-refractivity contribution is -0.145. The van der Waals surface area contributed by atoms with Crippen molar-refractivity contribution in [2.24, 2.45) is 11.8 Å². The predicted octanol–water partition coefficient (Wildman–Crippen LogP) is 2.48. The maximum Gasteiger partial charge on any atom is 0.307 e. The van der Waals surface area contributed by atoms with Gasteiger partial charge in [-0.25, -0.2) is 4.39 Å². The lowest BCUT2D eigenvalue weighted by Crippen LogP contribution is -2.47. The number of halogens is 2. The number of likely N-dealkylation sites (N-methyl/N-ethyl adjacent to an activating group) is 1. The first-order valence-electron chi connectivity index (χ1n) is 7.90. The molecule has 1 aromatic rings. The molecule has 24 heavy (non-hydrogen) atoms. The summed E-state index contributed by atoms with van der Waals surface area (Å²) in [4.78, 5) is 26.9. The summed E-state index contributed by atoms with van der Waals surface area (Å²) in [5, 5.41) is 9.48. The van der Waals surface area contributed by atoms with Gasteiger partial charge >= 0.3 is 5.97 Å². The van der Waals surface area contributed by atoms with Crippen molar-refractivity contribution in [1.29, 1.82) is 0 Å². The summed E-state index contributed by atoms with van der Waals surface area (Å²) in [7, 11) is 1.59. The van der Waals surface area contributed by atoms with Crippen molar-refractivity contribution in [3.63, 3.8) is 0 Å². The fourth-order valence-electron chi connectivity index (χ4n) is 3.09. The van der Waals surface area contributed by atoms with E-state index in [1.54, 1.807) is 13.1 Å². The summed E-state index contributed by atoms with van der Waals surface area (Å²) in [6.07, 6.45) is 0.626. The lowest BCUT2D eigenvalue weighted by atomic mass is 9.90. The van der Waals surface area contributed by atoms with Gasteiger partial charge in [0.25, 0.3) is 0 Å². The van der Waals surface area contributed by atoms with E-state index >= 15 is 0 Å². The molecule has 1 heterocycles. The van der Waals surface area contributed by atoms with Crippen LogP contribution in [0.15, 0.2) is 18.2 Å². The van der Waals surface area contributed by atoms with Crippen molar-refractivity contribution in [3.8, 4) is 0 Å². The maximum absolute atomic E-state index is 13.8. The van der Waals surface area contributed by atoms with Crippen molar-refractivity contribution in [2.75, 3.05) is 26.7 Å².